The number of H-pyrrole nitrogens is 1. The van der Waals surface area contributed by atoms with E-state index >= 15 is 0 Å². The number of hydrogen-bond donors (Lipinski definition) is 4. The molecule has 0 spiro atoms. The van der Waals surface area contributed by atoms with Gasteiger partial charge in [0.15, 0.2) is 11.6 Å². The molecular formula is C8H15N5OS. The summed E-state index contributed by atoms with van der Waals surface area (Å²) in [6.45, 7) is 0.591. The quantitative estimate of drug-likeness (QED) is 0.294. The molecule has 0 saturated carbocycles. The number of nitrogens with one attached hydrogen (secondary N) is 3. The highest BCUT2D eigenvalue weighted by atomic mass is 32.2. The van der Waals surface area contributed by atoms with E-state index in [0.717, 1.165) is 5.75 Å². The van der Waals surface area contributed by atoms with Crippen molar-refractivity contribution in [3.63, 3.8) is 0 Å². The molecule has 1 rings (SSSR count). The molecule has 1 aromatic heterocycles. The molecule has 0 bridgehead atoms. The van der Waals surface area contributed by atoms with Gasteiger partial charge >= 0.3 is 0 Å². The first-order chi connectivity index (χ1) is 7.27. The second-order valence-corrected chi connectivity index (χ2v) is 3.91. The Morgan fingerprint density at radius 1 is 1.73 bits per heavy atom. The minimum Gasteiger partial charge on any atom is -0.330 e. The fourth-order valence-corrected chi connectivity index (χ4v) is 1.63. The van der Waals surface area contributed by atoms with Crippen molar-refractivity contribution in [3.8, 4) is 0 Å². The van der Waals surface area contributed by atoms with Crippen LogP contribution in [0.4, 0.5) is 5.82 Å². The Labute approximate surface area is 92.3 Å². The lowest BCUT2D eigenvalue weighted by molar-refractivity contribution is 0.101. The Kier molecular flexibility index (Phi) is 5.16. The Hall–Kier alpha value is -1.05. The summed E-state index contributed by atoms with van der Waals surface area (Å²) in [5.41, 5.74) is 11.3. The van der Waals surface area contributed by atoms with Crippen molar-refractivity contribution in [3.05, 3.63) is 11.8 Å². The van der Waals surface area contributed by atoms with Gasteiger partial charge in [-0.1, -0.05) is 0 Å². The van der Waals surface area contributed by atoms with Gasteiger partial charge in [-0.05, 0) is 0 Å². The van der Waals surface area contributed by atoms with Gasteiger partial charge in [0, 0.05) is 25.4 Å². The highest BCUT2D eigenvalue weighted by Gasteiger charge is 2.09. The van der Waals surface area contributed by atoms with E-state index in [1.807, 2.05) is 0 Å². The van der Waals surface area contributed by atoms with Crippen molar-refractivity contribution in [2.45, 2.75) is 0 Å². The molecule has 1 aromatic rings. The summed E-state index contributed by atoms with van der Waals surface area (Å²) in [6, 6.07) is 1.67. The fourth-order valence-electron chi connectivity index (χ4n) is 0.983. The van der Waals surface area contributed by atoms with Crippen LogP contribution in [0, 0.1) is 0 Å². The van der Waals surface area contributed by atoms with E-state index in [9.17, 15) is 4.79 Å². The van der Waals surface area contributed by atoms with Crippen LogP contribution in [0.25, 0.3) is 0 Å². The SMILES string of the molecule is CNNc1cc(C(=O)CSCCN)[nH]n1. The van der Waals surface area contributed by atoms with E-state index in [2.05, 4.69) is 21.0 Å². The predicted molar refractivity (Wildman–Crippen MR) is 62.0 cm³/mol. The number of carbonyl (C=O) groups excluding carboxylic acids is 1. The smallest absolute Gasteiger partial charge is 0.190 e. The Balaban J connectivity index is 2.43. The minimum atomic E-state index is 0.0325. The van der Waals surface area contributed by atoms with Gasteiger partial charge < -0.3 is 11.2 Å². The third-order valence-corrected chi connectivity index (χ3v) is 2.62. The first kappa shape index (κ1) is 12.0. The van der Waals surface area contributed by atoms with Crippen LogP contribution in [0.15, 0.2) is 6.07 Å². The largest absolute Gasteiger partial charge is 0.330 e. The Morgan fingerprint density at radius 3 is 3.20 bits per heavy atom. The Morgan fingerprint density at radius 2 is 2.53 bits per heavy atom. The van der Waals surface area contributed by atoms with Crippen LogP contribution in [0.3, 0.4) is 0 Å². The number of aromatic amines is 1. The number of anilines is 1. The highest BCUT2D eigenvalue weighted by Crippen LogP contribution is 2.08. The van der Waals surface area contributed by atoms with Crippen LogP contribution >= 0.6 is 11.8 Å². The van der Waals surface area contributed by atoms with Gasteiger partial charge in [0.2, 0.25) is 0 Å². The van der Waals surface area contributed by atoms with Gasteiger partial charge in [-0.15, -0.1) is 0 Å². The molecule has 0 aliphatic carbocycles. The lowest BCUT2D eigenvalue weighted by Gasteiger charge is -1.96. The number of aromatic nitrogens is 2. The van der Waals surface area contributed by atoms with Crippen LogP contribution < -0.4 is 16.6 Å². The zero-order valence-corrected chi connectivity index (χ0v) is 9.36. The molecule has 0 aliphatic rings. The number of rotatable bonds is 7. The molecule has 5 N–H and O–H groups in total. The van der Waals surface area contributed by atoms with Crippen molar-refractivity contribution in [2.24, 2.45) is 5.73 Å². The number of nitrogens with zero attached hydrogens (tertiary/aromatic N) is 1. The van der Waals surface area contributed by atoms with Crippen molar-refractivity contribution in [1.29, 1.82) is 0 Å². The topological polar surface area (TPSA) is 95.8 Å². The highest BCUT2D eigenvalue weighted by molar-refractivity contribution is 8.00. The molecule has 15 heavy (non-hydrogen) atoms. The zero-order valence-electron chi connectivity index (χ0n) is 8.54. The van der Waals surface area contributed by atoms with Crippen molar-refractivity contribution < 1.29 is 4.79 Å². The van der Waals surface area contributed by atoms with Gasteiger partial charge in [-0.3, -0.25) is 9.89 Å². The van der Waals surface area contributed by atoms with Crippen LogP contribution in [0.5, 0.6) is 0 Å². The molecule has 0 unspecified atom stereocenters. The van der Waals surface area contributed by atoms with Gasteiger partial charge in [0.25, 0.3) is 0 Å². The Bertz CT molecular complexity index is 314. The van der Waals surface area contributed by atoms with Gasteiger partial charge in [-0.25, -0.2) is 5.43 Å². The molecule has 0 aliphatic heterocycles. The average Bonchev–Trinajstić information content (AvgIpc) is 2.67. The normalized spacial score (nSPS) is 10.3. The number of nitrogens with two attached hydrogens (primary N) is 1. The summed E-state index contributed by atoms with van der Waals surface area (Å²) in [7, 11) is 1.73. The number of hydrogen-bond acceptors (Lipinski definition) is 6. The van der Waals surface area contributed by atoms with E-state index in [4.69, 9.17) is 5.73 Å². The van der Waals surface area contributed by atoms with Crippen molar-refractivity contribution in [1.82, 2.24) is 15.6 Å². The summed E-state index contributed by atoms with van der Waals surface area (Å²) in [5, 5.41) is 6.57. The number of carbonyl (C=O) groups is 1. The molecule has 0 atom stereocenters. The maximum absolute atomic E-state index is 11.6. The summed E-state index contributed by atoms with van der Waals surface area (Å²) < 4.78 is 0. The van der Waals surface area contributed by atoms with Crippen LogP contribution in [-0.2, 0) is 0 Å². The van der Waals surface area contributed by atoms with Crippen molar-refractivity contribution >= 4 is 23.4 Å². The molecular weight excluding hydrogens is 214 g/mol. The van der Waals surface area contributed by atoms with E-state index in [-0.39, 0.29) is 5.78 Å². The standard InChI is InChI=1S/C8H15N5OS/c1-10-12-8-4-6(11-13-8)7(14)5-15-3-2-9/h4,10H,2-3,5,9H2,1H3,(H2,11,12,13). The minimum absolute atomic E-state index is 0.0325. The van der Waals surface area contributed by atoms with Crippen LogP contribution in [-0.4, -0.2) is 41.1 Å². The third-order valence-electron chi connectivity index (χ3n) is 1.63. The second-order valence-electron chi connectivity index (χ2n) is 2.81. The van der Waals surface area contributed by atoms with Gasteiger partial charge in [0.1, 0.15) is 5.69 Å². The molecule has 84 valence electrons. The molecule has 6 nitrogen and oxygen atoms in total. The van der Waals surface area contributed by atoms with E-state index in [0.29, 0.717) is 23.8 Å². The van der Waals surface area contributed by atoms with Crippen LogP contribution in [0.2, 0.25) is 0 Å². The van der Waals surface area contributed by atoms with Crippen LogP contribution in [0.1, 0.15) is 10.5 Å². The fraction of sp³-hybridized carbons (Fsp3) is 0.500. The summed E-state index contributed by atoms with van der Waals surface area (Å²) in [5.74, 6) is 1.86. The number of thioether (sulfide) groups is 1. The monoisotopic (exact) mass is 229 g/mol. The molecule has 0 saturated heterocycles. The maximum atomic E-state index is 11.6. The first-order valence-electron chi connectivity index (χ1n) is 4.57. The lowest BCUT2D eigenvalue weighted by atomic mass is 10.3. The zero-order chi connectivity index (χ0) is 11.1. The van der Waals surface area contributed by atoms with E-state index < -0.39 is 0 Å². The summed E-state index contributed by atoms with van der Waals surface area (Å²) >= 11 is 1.52. The maximum Gasteiger partial charge on any atom is 0.190 e. The average molecular weight is 229 g/mol. The number of hydrazine groups is 1. The van der Waals surface area contributed by atoms with Gasteiger partial charge in [0.05, 0.1) is 5.75 Å². The molecule has 0 aromatic carbocycles. The lowest BCUT2D eigenvalue weighted by Crippen LogP contribution is -2.15. The predicted octanol–water partition coefficient (Wildman–Crippen LogP) is -0.169. The van der Waals surface area contributed by atoms with E-state index in [1.54, 1.807) is 13.1 Å². The van der Waals surface area contributed by atoms with Crippen molar-refractivity contribution in [2.75, 3.05) is 30.5 Å². The first-order valence-corrected chi connectivity index (χ1v) is 5.72. The van der Waals surface area contributed by atoms with E-state index in [1.165, 1.54) is 11.8 Å². The molecule has 0 amide bonds. The third kappa shape index (κ3) is 3.90. The molecule has 1 heterocycles. The summed E-state index contributed by atoms with van der Waals surface area (Å²) in [6.07, 6.45) is 0. The summed E-state index contributed by atoms with van der Waals surface area (Å²) in [4.78, 5) is 11.6. The molecule has 7 heteroatoms. The van der Waals surface area contributed by atoms with Gasteiger partial charge in [-0.2, -0.15) is 16.9 Å². The molecule has 0 radical (unpaired) electrons. The molecule has 0 fully saturated rings. The number of ketones is 1. The second kappa shape index (κ2) is 6.44. The number of Topliss-reactive ketones (excluding diaryl/α,β-unsaturated/α-hetero) is 1.